The maximum Gasteiger partial charge on any atom is 0.411 e. The molecule has 90 valence electrons. The zero-order valence-electron chi connectivity index (χ0n) is 8.52. The minimum Gasteiger partial charge on any atom is -0.372 e. The van der Waals surface area contributed by atoms with Crippen molar-refractivity contribution in [1.29, 1.82) is 0 Å². The summed E-state index contributed by atoms with van der Waals surface area (Å²) in [5.41, 5.74) is 0. The average Bonchev–Trinajstić information content (AvgIpc) is 2.13. The van der Waals surface area contributed by atoms with Gasteiger partial charge in [-0.3, -0.25) is 0 Å². The predicted molar refractivity (Wildman–Crippen MR) is 56.2 cm³/mol. The quantitative estimate of drug-likeness (QED) is 0.563. The molecule has 1 aliphatic carbocycles. The molecular formula is C10H16BrF3O. The molecule has 1 fully saturated rings. The molecule has 1 saturated carbocycles. The molecule has 0 aromatic carbocycles. The molecule has 0 heterocycles. The Kier molecular flexibility index (Phi) is 5.39. The lowest BCUT2D eigenvalue weighted by Gasteiger charge is -2.27. The second-order valence-electron chi connectivity index (χ2n) is 4.02. The van der Waals surface area contributed by atoms with Gasteiger partial charge in [0, 0.05) is 11.4 Å². The summed E-state index contributed by atoms with van der Waals surface area (Å²) in [6.45, 7) is -0.904. The fraction of sp³-hybridized carbons (Fsp3) is 1.00. The van der Waals surface area contributed by atoms with Crippen LogP contribution in [0.3, 0.4) is 0 Å². The normalized spacial score (nSPS) is 28.0. The Hall–Kier alpha value is 0.230. The standard InChI is InChI=1S/C10H16BrF3O/c11-9-4-2-1-3-8(9)5-6-15-7-10(12,13)14/h8-9H,1-7H2. The molecule has 1 rings (SSSR count). The molecule has 5 heteroatoms. The summed E-state index contributed by atoms with van der Waals surface area (Å²) in [6, 6.07) is 0. The Bertz CT molecular complexity index is 184. The first-order valence-corrected chi connectivity index (χ1v) is 6.19. The summed E-state index contributed by atoms with van der Waals surface area (Å²) in [4.78, 5) is 0.459. The molecular weight excluding hydrogens is 273 g/mol. The summed E-state index contributed by atoms with van der Waals surface area (Å²) in [7, 11) is 0. The second kappa shape index (κ2) is 6.09. The fourth-order valence-corrected chi connectivity index (χ4v) is 2.76. The maximum atomic E-state index is 11.8. The molecule has 1 aliphatic rings. The largest absolute Gasteiger partial charge is 0.411 e. The van der Waals surface area contributed by atoms with Crippen LogP contribution in [0.2, 0.25) is 0 Å². The lowest BCUT2D eigenvalue weighted by atomic mass is 9.87. The lowest BCUT2D eigenvalue weighted by molar-refractivity contribution is -0.174. The van der Waals surface area contributed by atoms with E-state index < -0.39 is 12.8 Å². The summed E-state index contributed by atoms with van der Waals surface area (Å²) in [5, 5.41) is 0. The first kappa shape index (κ1) is 13.3. The van der Waals surface area contributed by atoms with E-state index in [4.69, 9.17) is 0 Å². The number of halogens is 4. The van der Waals surface area contributed by atoms with Crippen molar-refractivity contribution in [1.82, 2.24) is 0 Å². The Balaban J connectivity index is 2.08. The highest BCUT2D eigenvalue weighted by atomic mass is 79.9. The summed E-state index contributed by atoms with van der Waals surface area (Å²) in [5.74, 6) is 0.479. The first-order valence-electron chi connectivity index (χ1n) is 5.27. The summed E-state index contributed by atoms with van der Waals surface area (Å²) >= 11 is 3.57. The first-order chi connectivity index (χ1) is 6.99. The van der Waals surface area contributed by atoms with Gasteiger partial charge in [0.2, 0.25) is 0 Å². The summed E-state index contributed by atoms with van der Waals surface area (Å²) < 4.78 is 39.9. The minimum absolute atomic E-state index is 0.215. The average molecular weight is 289 g/mol. The Morgan fingerprint density at radius 3 is 2.47 bits per heavy atom. The third-order valence-electron chi connectivity index (χ3n) is 2.72. The van der Waals surface area contributed by atoms with Gasteiger partial charge in [0.1, 0.15) is 6.61 Å². The lowest BCUT2D eigenvalue weighted by Crippen LogP contribution is -2.23. The molecule has 0 aliphatic heterocycles. The van der Waals surface area contributed by atoms with Gasteiger partial charge in [-0.25, -0.2) is 0 Å². The molecule has 2 unspecified atom stereocenters. The van der Waals surface area contributed by atoms with Crippen molar-refractivity contribution in [3.05, 3.63) is 0 Å². The third-order valence-corrected chi connectivity index (χ3v) is 3.92. The van der Waals surface area contributed by atoms with Gasteiger partial charge in [-0.1, -0.05) is 28.8 Å². The fourth-order valence-electron chi connectivity index (χ4n) is 1.91. The van der Waals surface area contributed by atoms with Gasteiger partial charge >= 0.3 is 6.18 Å². The zero-order chi connectivity index (χ0) is 11.3. The molecule has 0 aromatic heterocycles. The van der Waals surface area contributed by atoms with E-state index in [2.05, 4.69) is 20.7 Å². The Morgan fingerprint density at radius 1 is 1.20 bits per heavy atom. The van der Waals surface area contributed by atoms with E-state index in [-0.39, 0.29) is 6.61 Å². The van der Waals surface area contributed by atoms with E-state index in [1.807, 2.05) is 0 Å². The highest BCUT2D eigenvalue weighted by Gasteiger charge is 2.28. The number of hydrogen-bond donors (Lipinski definition) is 0. The molecule has 2 atom stereocenters. The van der Waals surface area contributed by atoms with E-state index >= 15 is 0 Å². The van der Waals surface area contributed by atoms with Crippen molar-refractivity contribution in [2.75, 3.05) is 13.2 Å². The van der Waals surface area contributed by atoms with Gasteiger partial charge in [0.25, 0.3) is 0 Å². The number of hydrogen-bond acceptors (Lipinski definition) is 1. The molecule has 0 spiro atoms. The van der Waals surface area contributed by atoms with Crippen LogP contribution in [0.5, 0.6) is 0 Å². The van der Waals surface area contributed by atoms with Crippen LogP contribution in [0.4, 0.5) is 13.2 Å². The Labute approximate surface area is 96.5 Å². The Morgan fingerprint density at radius 2 is 1.87 bits per heavy atom. The summed E-state index contributed by atoms with van der Waals surface area (Å²) in [6.07, 6.45) is 1.17. The minimum atomic E-state index is -4.19. The van der Waals surface area contributed by atoms with Gasteiger partial charge in [0.15, 0.2) is 0 Å². The van der Waals surface area contributed by atoms with Crippen molar-refractivity contribution < 1.29 is 17.9 Å². The van der Waals surface area contributed by atoms with Crippen LogP contribution in [0.15, 0.2) is 0 Å². The second-order valence-corrected chi connectivity index (χ2v) is 5.19. The highest BCUT2D eigenvalue weighted by molar-refractivity contribution is 9.09. The van der Waals surface area contributed by atoms with E-state index in [0.717, 1.165) is 19.3 Å². The molecule has 0 N–H and O–H groups in total. The van der Waals surface area contributed by atoms with Crippen molar-refractivity contribution in [2.24, 2.45) is 5.92 Å². The molecule has 0 saturated heterocycles. The van der Waals surface area contributed by atoms with Crippen molar-refractivity contribution in [3.63, 3.8) is 0 Å². The van der Waals surface area contributed by atoms with Gasteiger partial charge in [-0.15, -0.1) is 0 Å². The van der Waals surface area contributed by atoms with Crippen LogP contribution >= 0.6 is 15.9 Å². The highest BCUT2D eigenvalue weighted by Crippen LogP contribution is 2.32. The van der Waals surface area contributed by atoms with Crippen LogP contribution in [0, 0.1) is 5.92 Å². The number of alkyl halides is 4. The van der Waals surface area contributed by atoms with Crippen LogP contribution in [-0.4, -0.2) is 24.2 Å². The van der Waals surface area contributed by atoms with Crippen molar-refractivity contribution in [2.45, 2.75) is 43.1 Å². The van der Waals surface area contributed by atoms with Crippen LogP contribution in [-0.2, 0) is 4.74 Å². The predicted octanol–water partition coefficient (Wildman–Crippen LogP) is 3.91. The molecule has 15 heavy (non-hydrogen) atoms. The van der Waals surface area contributed by atoms with Crippen LogP contribution in [0.25, 0.3) is 0 Å². The van der Waals surface area contributed by atoms with E-state index in [0.29, 0.717) is 10.7 Å². The van der Waals surface area contributed by atoms with E-state index in [1.54, 1.807) is 0 Å². The van der Waals surface area contributed by atoms with Crippen LogP contribution < -0.4 is 0 Å². The molecule has 1 nitrogen and oxygen atoms in total. The smallest absolute Gasteiger partial charge is 0.372 e. The third kappa shape index (κ3) is 5.76. The van der Waals surface area contributed by atoms with Crippen molar-refractivity contribution >= 4 is 15.9 Å². The van der Waals surface area contributed by atoms with E-state index in [9.17, 15) is 13.2 Å². The topological polar surface area (TPSA) is 9.23 Å². The van der Waals surface area contributed by atoms with E-state index in [1.165, 1.54) is 12.8 Å². The monoisotopic (exact) mass is 288 g/mol. The molecule has 0 amide bonds. The van der Waals surface area contributed by atoms with Crippen LogP contribution in [0.1, 0.15) is 32.1 Å². The van der Waals surface area contributed by atoms with Gasteiger partial charge in [-0.05, 0) is 25.2 Å². The zero-order valence-corrected chi connectivity index (χ0v) is 10.1. The maximum absolute atomic E-state index is 11.8. The SMILES string of the molecule is FC(F)(F)COCCC1CCCCC1Br. The molecule has 0 radical (unpaired) electrons. The molecule has 0 aromatic rings. The van der Waals surface area contributed by atoms with Crippen molar-refractivity contribution in [3.8, 4) is 0 Å². The van der Waals surface area contributed by atoms with Gasteiger partial charge in [0.05, 0.1) is 0 Å². The van der Waals surface area contributed by atoms with Gasteiger partial charge in [-0.2, -0.15) is 13.2 Å². The number of rotatable bonds is 4. The van der Waals surface area contributed by atoms with Gasteiger partial charge < -0.3 is 4.74 Å². The number of ether oxygens (including phenoxy) is 1. The molecule has 0 bridgehead atoms.